The summed E-state index contributed by atoms with van der Waals surface area (Å²) in [7, 11) is 0. The Kier molecular flexibility index (Phi) is 8.14. The summed E-state index contributed by atoms with van der Waals surface area (Å²) in [5.41, 5.74) is 13.8. The van der Waals surface area contributed by atoms with E-state index in [1.165, 1.54) is 65.7 Å². The maximum absolute atomic E-state index is 4.91. The van der Waals surface area contributed by atoms with Crippen molar-refractivity contribution in [1.29, 1.82) is 0 Å². The molecule has 9 rings (SSSR count). The Morgan fingerprint density at radius 1 is 0.327 bits per heavy atom. The number of pyridine rings is 2. The maximum atomic E-state index is 4.91. The zero-order chi connectivity index (χ0) is 35.0. The van der Waals surface area contributed by atoms with E-state index in [2.05, 4.69) is 184 Å². The van der Waals surface area contributed by atoms with Gasteiger partial charge in [-0.05, 0) is 115 Å². The van der Waals surface area contributed by atoms with E-state index in [-0.39, 0.29) is 0 Å². The average Bonchev–Trinajstić information content (AvgIpc) is 3.22. The topological polar surface area (TPSA) is 25.8 Å². The third kappa shape index (κ3) is 5.73. The molecule has 0 bridgehead atoms. The molecule has 52 heavy (non-hydrogen) atoms. The molecule has 2 heteroatoms. The predicted molar refractivity (Wildman–Crippen MR) is 220 cm³/mol. The van der Waals surface area contributed by atoms with Crippen molar-refractivity contribution < 1.29 is 0 Å². The van der Waals surface area contributed by atoms with E-state index < -0.39 is 0 Å². The highest BCUT2D eigenvalue weighted by atomic mass is 14.7. The van der Waals surface area contributed by atoms with Gasteiger partial charge in [0, 0.05) is 22.5 Å². The number of hydrogen-bond donors (Lipinski definition) is 0. The summed E-state index contributed by atoms with van der Waals surface area (Å²) in [5.74, 6) is 0. The van der Waals surface area contributed by atoms with Crippen LogP contribution in [0.1, 0.15) is 25.2 Å². The first kappa shape index (κ1) is 31.6. The van der Waals surface area contributed by atoms with Gasteiger partial charge < -0.3 is 0 Å². The number of fused-ring (bicyclic) bond motifs is 3. The lowest BCUT2D eigenvalue weighted by atomic mass is 9.84. The van der Waals surface area contributed by atoms with Gasteiger partial charge >= 0.3 is 0 Å². The molecule has 0 N–H and O–H groups in total. The van der Waals surface area contributed by atoms with E-state index in [0.29, 0.717) is 0 Å². The van der Waals surface area contributed by atoms with E-state index >= 15 is 0 Å². The van der Waals surface area contributed by atoms with Crippen molar-refractivity contribution in [3.63, 3.8) is 0 Å². The summed E-state index contributed by atoms with van der Waals surface area (Å²) in [6, 6.07) is 61.8. The Hall–Kier alpha value is -6.38. The lowest BCUT2D eigenvalue weighted by Crippen LogP contribution is -1.93. The number of hydrogen-bond acceptors (Lipinski definition) is 2. The van der Waals surface area contributed by atoms with Crippen LogP contribution < -0.4 is 0 Å². The number of nitrogens with zero attached hydrogens (tertiary/aromatic N) is 2. The molecule has 2 aromatic heterocycles. The Bertz CT molecular complexity index is 2740. The van der Waals surface area contributed by atoms with Crippen LogP contribution in [0, 0.1) is 0 Å². The molecule has 0 aliphatic carbocycles. The minimum absolute atomic E-state index is 0.918. The smallest absolute Gasteiger partial charge is 0.0705 e. The molecule has 0 aliphatic rings. The molecule has 0 saturated carbocycles. The van der Waals surface area contributed by atoms with Crippen molar-refractivity contribution in [2.75, 3.05) is 0 Å². The van der Waals surface area contributed by atoms with E-state index in [9.17, 15) is 0 Å². The normalized spacial score (nSPS) is 11.4. The third-order valence-electron chi connectivity index (χ3n) is 10.4. The molecule has 2 nitrogen and oxygen atoms in total. The highest BCUT2D eigenvalue weighted by Gasteiger charge is 2.18. The Balaban J connectivity index is 1.26. The second kappa shape index (κ2) is 13.4. The van der Waals surface area contributed by atoms with Gasteiger partial charge in [-0.15, -0.1) is 0 Å². The molecule has 0 spiro atoms. The standard InChI is InChI=1S/C50H38N2/c1-3-41-13-9-17-47(51-41)34-20-24-36(25-21-34)49-43-15-7-8-16-44(43)50(37-26-22-35(23-27-37)48-18-10-14-42(4-2)52-48)46-32-40(29-30-45(46)49)39-28-19-33-11-5-6-12-38(33)31-39/h5-32H,3-4H2,1-2H3. The monoisotopic (exact) mass is 666 g/mol. The highest BCUT2D eigenvalue weighted by Crippen LogP contribution is 2.45. The molecule has 2 heterocycles. The van der Waals surface area contributed by atoms with Crippen molar-refractivity contribution in [1.82, 2.24) is 9.97 Å². The number of aromatic nitrogens is 2. The minimum Gasteiger partial charge on any atom is -0.253 e. The predicted octanol–water partition coefficient (Wildman–Crippen LogP) is 13.4. The lowest BCUT2D eigenvalue weighted by Gasteiger charge is -2.19. The Morgan fingerprint density at radius 2 is 0.769 bits per heavy atom. The van der Waals surface area contributed by atoms with Crippen molar-refractivity contribution >= 4 is 32.3 Å². The van der Waals surface area contributed by atoms with E-state index in [1.54, 1.807) is 0 Å². The van der Waals surface area contributed by atoms with Crippen LogP contribution in [0.2, 0.25) is 0 Å². The molecular formula is C50H38N2. The van der Waals surface area contributed by atoms with Gasteiger partial charge in [0.15, 0.2) is 0 Å². The van der Waals surface area contributed by atoms with Gasteiger partial charge in [0.1, 0.15) is 0 Å². The zero-order valence-electron chi connectivity index (χ0n) is 29.5. The van der Waals surface area contributed by atoms with Gasteiger partial charge in [0.2, 0.25) is 0 Å². The molecule has 0 radical (unpaired) electrons. The fraction of sp³-hybridized carbons (Fsp3) is 0.0800. The van der Waals surface area contributed by atoms with Crippen LogP contribution in [0.4, 0.5) is 0 Å². The summed E-state index contributed by atoms with van der Waals surface area (Å²) in [5, 5.41) is 7.44. The van der Waals surface area contributed by atoms with Crippen molar-refractivity contribution in [3.8, 4) is 55.9 Å². The van der Waals surface area contributed by atoms with Crippen LogP contribution in [-0.4, -0.2) is 9.97 Å². The second-order valence-electron chi connectivity index (χ2n) is 13.5. The maximum Gasteiger partial charge on any atom is 0.0705 e. The molecule has 0 saturated heterocycles. The summed E-state index contributed by atoms with van der Waals surface area (Å²) in [6.45, 7) is 4.30. The SMILES string of the molecule is CCc1cccc(-c2ccc(-c3c4ccccc4c(-c4ccc(-c5cccc(CC)n5)cc4)c4cc(-c5ccc6ccccc6c5)ccc34)cc2)n1. The van der Waals surface area contributed by atoms with Crippen LogP contribution in [0.15, 0.2) is 170 Å². The first-order valence-corrected chi connectivity index (χ1v) is 18.3. The van der Waals surface area contributed by atoms with Crippen LogP contribution in [0.25, 0.3) is 88.2 Å². The Labute approximate surface area is 305 Å². The van der Waals surface area contributed by atoms with Crippen LogP contribution in [0.5, 0.6) is 0 Å². The average molecular weight is 667 g/mol. The fourth-order valence-electron chi connectivity index (χ4n) is 7.64. The molecule has 7 aromatic carbocycles. The van der Waals surface area contributed by atoms with Gasteiger partial charge in [0.25, 0.3) is 0 Å². The minimum atomic E-state index is 0.918. The third-order valence-corrected chi connectivity index (χ3v) is 10.4. The van der Waals surface area contributed by atoms with Crippen LogP contribution in [-0.2, 0) is 12.8 Å². The Morgan fingerprint density at radius 3 is 1.35 bits per heavy atom. The molecule has 0 unspecified atom stereocenters. The van der Waals surface area contributed by atoms with E-state index in [1.807, 2.05) is 0 Å². The highest BCUT2D eigenvalue weighted by molar-refractivity contribution is 6.22. The summed E-state index contributed by atoms with van der Waals surface area (Å²) < 4.78 is 0. The van der Waals surface area contributed by atoms with Crippen molar-refractivity contribution in [2.45, 2.75) is 26.7 Å². The van der Waals surface area contributed by atoms with E-state index in [0.717, 1.165) is 46.7 Å². The van der Waals surface area contributed by atoms with Crippen LogP contribution in [0.3, 0.4) is 0 Å². The van der Waals surface area contributed by atoms with E-state index in [4.69, 9.17) is 9.97 Å². The number of aryl methyl sites for hydroxylation is 2. The molecule has 0 amide bonds. The quantitative estimate of drug-likeness (QED) is 0.158. The summed E-state index contributed by atoms with van der Waals surface area (Å²) in [6.07, 6.45) is 1.84. The first-order chi connectivity index (χ1) is 25.7. The number of benzene rings is 7. The van der Waals surface area contributed by atoms with Gasteiger partial charge in [-0.1, -0.05) is 147 Å². The number of rotatable bonds is 7. The van der Waals surface area contributed by atoms with Gasteiger partial charge in [-0.3, -0.25) is 9.97 Å². The molecule has 0 aliphatic heterocycles. The largest absolute Gasteiger partial charge is 0.253 e. The van der Waals surface area contributed by atoms with Gasteiger partial charge in [-0.25, -0.2) is 0 Å². The molecular weight excluding hydrogens is 629 g/mol. The molecule has 0 atom stereocenters. The van der Waals surface area contributed by atoms with Gasteiger partial charge in [-0.2, -0.15) is 0 Å². The van der Waals surface area contributed by atoms with Crippen molar-refractivity contribution in [2.24, 2.45) is 0 Å². The molecule has 9 aromatic rings. The summed E-state index contributed by atoms with van der Waals surface area (Å²) in [4.78, 5) is 9.80. The summed E-state index contributed by atoms with van der Waals surface area (Å²) >= 11 is 0. The van der Waals surface area contributed by atoms with Crippen molar-refractivity contribution in [3.05, 3.63) is 181 Å². The zero-order valence-corrected chi connectivity index (χ0v) is 29.5. The fourth-order valence-corrected chi connectivity index (χ4v) is 7.64. The van der Waals surface area contributed by atoms with Crippen LogP contribution >= 0.6 is 0 Å². The van der Waals surface area contributed by atoms with Gasteiger partial charge in [0.05, 0.1) is 11.4 Å². The second-order valence-corrected chi connectivity index (χ2v) is 13.5. The molecule has 248 valence electrons. The lowest BCUT2D eigenvalue weighted by molar-refractivity contribution is 1.04. The first-order valence-electron chi connectivity index (χ1n) is 18.3. The molecule has 0 fully saturated rings.